The zero-order chi connectivity index (χ0) is 12.1. The molecule has 94 valence electrons. The molecule has 0 aliphatic heterocycles. The Bertz CT molecular complexity index is 322. The predicted octanol–water partition coefficient (Wildman–Crippen LogP) is 1.61. The minimum absolute atomic E-state index is 0.459. The second kappa shape index (κ2) is 6.15. The van der Waals surface area contributed by atoms with Crippen molar-refractivity contribution in [3.8, 4) is 0 Å². The molecule has 3 N–H and O–H groups in total. The van der Waals surface area contributed by atoms with Crippen molar-refractivity contribution < 1.29 is 10.2 Å². The zero-order valence-electron chi connectivity index (χ0n) is 10.0. The van der Waals surface area contributed by atoms with Crippen molar-refractivity contribution in [3.05, 3.63) is 35.9 Å². The van der Waals surface area contributed by atoms with Gasteiger partial charge in [-0.05, 0) is 18.4 Å². The Hall–Kier alpha value is -0.900. The first-order chi connectivity index (χ1) is 8.27. The molecule has 3 heteroatoms. The van der Waals surface area contributed by atoms with E-state index in [-0.39, 0.29) is 0 Å². The minimum atomic E-state index is -0.801. The third-order valence-electron chi connectivity index (χ3n) is 3.48. The first-order valence-electron chi connectivity index (χ1n) is 6.42. The van der Waals surface area contributed by atoms with Gasteiger partial charge >= 0.3 is 0 Å². The topological polar surface area (TPSA) is 52.5 Å². The van der Waals surface area contributed by atoms with Crippen molar-refractivity contribution in [2.75, 3.05) is 6.54 Å². The van der Waals surface area contributed by atoms with Crippen LogP contribution in [0.1, 0.15) is 37.4 Å². The van der Waals surface area contributed by atoms with Crippen LogP contribution in [0, 0.1) is 0 Å². The van der Waals surface area contributed by atoms with E-state index in [1.807, 2.05) is 30.3 Å². The zero-order valence-corrected chi connectivity index (χ0v) is 10.0. The SMILES string of the molecule is OC(CNC1CCCC1)C(O)c1ccccc1. The summed E-state index contributed by atoms with van der Waals surface area (Å²) in [5.74, 6) is 0. The highest BCUT2D eigenvalue weighted by Crippen LogP contribution is 2.19. The molecule has 1 saturated carbocycles. The molecular formula is C14H21NO2. The summed E-state index contributed by atoms with van der Waals surface area (Å²) in [7, 11) is 0. The summed E-state index contributed by atoms with van der Waals surface area (Å²) in [6.07, 6.45) is 3.38. The average Bonchev–Trinajstić information content (AvgIpc) is 2.89. The van der Waals surface area contributed by atoms with Gasteiger partial charge in [0.25, 0.3) is 0 Å². The lowest BCUT2D eigenvalue weighted by atomic mass is 10.0. The van der Waals surface area contributed by atoms with Gasteiger partial charge in [-0.2, -0.15) is 0 Å². The molecule has 0 spiro atoms. The van der Waals surface area contributed by atoms with E-state index < -0.39 is 12.2 Å². The molecule has 0 radical (unpaired) electrons. The first kappa shape index (κ1) is 12.6. The van der Waals surface area contributed by atoms with Gasteiger partial charge in [0.15, 0.2) is 0 Å². The fourth-order valence-corrected chi connectivity index (χ4v) is 2.40. The second-order valence-corrected chi connectivity index (χ2v) is 4.81. The molecule has 2 unspecified atom stereocenters. The van der Waals surface area contributed by atoms with Crippen molar-refractivity contribution in [2.24, 2.45) is 0 Å². The van der Waals surface area contributed by atoms with Crippen LogP contribution in [0.2, 0.25) is 0 Å². The minimum Gasteiger partial charge on any atom is -0.389 e. The summed E-state index contributed by atoms with van der Waals surface area (Å²) in [5, 5.41) is 23.2. The van der Waals surface area contributed by atoms with Gasteiger partial charge in [-0.3, -0.25) is 0 Å². The van der Waals surface area contributed by atoms with E-state index in [2.05, 4.69) is 5.32 Å². The standard InChI is InChI=1S/C14H21NO2/c16-13(10-15-12-8-4-5-9-12)14(17)11-6-2-1-3-7-11/h1-3,6-7,12-17H,4-5,8-10H2. The molecule has 1 aromatic rings. The van der Waals surface area contributed by atoms with Crippen LogP contribution in [0.5, 0.6) is 0 Å². The van der Waals surface area contributed by atoms with Crippen LogP contribution in [0.3, 0.4) is 0 Å². The Balaban J connectivity index is 1.80. The van der Waals surface area contributed by atoms with Crippen molar-refractivity contribution in [1.82, 2.24) is 5.32 Å². The maximum atomic E-state index is 9.97. The highest BCUT2D eigenvalue weighted by molar-refractivity contribution is 5.18. The van der Waals surface area contributed by atoms with E-state index in [0.29, 0.717) is 12.6 Å². The van der Waals surface area contributed by atoms with Gasteiger partial charge in [0, 0.05) is 12.6 Å². The van der Waals surface area contributed by atoms with Crippen LogP contribution in [-0.2, 0) is 0 Å². The maximum absolute atomic E-state index is 9.97. The molecule has 0 aromatic heterocycles. The Morgan fingerprint density at radius 1 is 1.12 bits per heavy atom. The van der Waals surface area contributed by atoms with Crippen molar-refractivity contribution >= 4 is 0 Å². The molecule has 0 saturated heterocycles. The maximum Gasteiger partial charge on any atom is 0.106 e. The van der Waals surface area contributed by atoms with Crippen LogP contribution in [-0.4, -0.2) is 28.9 Å². The summed E-state index contributed by atoms with van der Waals surface area (Å²) in [4.78, 5) is 0. The molecule has 1 aliphatic rings. The van der Waals surface area contributed by atoms with Crippen LogP contribution in [0.25, 0.3) is 0 Å². The number of aliphatic hydroxyl groups is 2. The second-order valence-electron chi connectivity index (χ2n) is 4.81. The van der Waals surface area contributed by atoms with E-state index >= 15 is 0 Å². The lowest BCUT2D eigenvalue weighted by Crippen LogP contribution is -2.36. The summed E-state index contributed by atoms with van der Waals surface area (Å²) >= 11 is 0. The number of nitrogens with one attached hydrogen (secondary N) is 1. The largest absolute Gasteiger partial charge is 0.389 e. The number of hydrogen-bond acceptors (Lipinski definition) is 3. The van der Waals surface area contributed by atoms with E-state index in [9.17, 15) is 10.2 Å². The van der Waals surface area contributed by atoms with Gasteiger partial charge in [0.05, 0.1) is 6.10 Å². The molecular weight excluding hydrogens is 214 g/mol. The van der Waals surface area contributed by atoms with E-state index in [0.717, 1.165) is 5.56 Å². The van der Waals surface area contributed by atoms with Gasteiger partial charge in [-0.25, -0.2) is 0 Å². The van der Waals surface area contributed by atoms with E-state index in [1.165, 1.54) is 25.7 Å². The summed E-state index contributed by atoms with van der Waals surface area (Å²) in [6.45, 7) is 0.459. The third kappa shape index (κ3) is 3.53. The van der Waals surface area contributed by atoms with Gasteiger partial charge in [-0.1, -0.05) is 43.2 Å². The summed E-state index contributed by atoms with van der Waals surface area (Å²) in [5.41, 5.74) is 0.772. The Kier molecular flexibility index (Phi) is 4.54. The van der Waals surface area contributed by atoms with Crippen LogP contribution in [0.15, 0.2) is 30.3 Å². The molecule has 0 bridgehead atoms. The Morgan fingerprint density at radius 2 is 1.76 bits per heavy atom. The van der Waals surface area contributed by atoms with Gasteiger partial charge in [-0.15, -0.1) is 0 Å². The lowest BCUT2D eigenvalue weighted by molar-refractivity contribution is 0.0176. The fourth-order valence-electron chi connectivity index (χ4n) is 2.40. The van der Waals surface area contributed by atoms with Crippen LogP contribution in [0.4, 0.5) is 0 Å². The van der Waals surface area contributed by atoms with E-state index in [4.69, 9.17) is 0 Å². The van der Waals surface area contributed by atoms with Crippen molar-refractivity contribution in [2.45, 2.75) is 43.9 Å². The highest BCUT2D eigenvalue weighted by Gasteiger charge is 2.20. The molecule has 1 aliphatic carbocycles. The third-order valence-corrected chi connectivity index (χ3v) is 3.48. The molecule has 2 atom stereocenters. The molecule has 1 fully saturated rings. The monoisotopic (exact) mass is 235 g/mol. The molecule has 17 heavy (non-hydrogen) atoms. The molecule has 2 rings (SSSR count). The van der Waals surface area contributed by atoms with Crippen LogP contribution >= 0.6 is 0 Å². The molecule has 1 aromatic carbocycles. The highest BCUT2D eigenvalue weighted by atomic mass is 16.3. The average molecular weight is 235 g/mol. The first-order valence-corrected chi connectivity index (χ1v) is 6.42. The van der Waals surface area contributed by atoms with Crippen molar-refractivity contribution in [1.29, 1.82) is 0 Å². The van der Waals surface area contributed by atoms with Crippen LogP contribution < -0.4 is 5.32 Å². The Morgan fingerprint density at radius 3 is 2.41 bits per heavy atom. The predicted molar refractivity (Wildman–Crippen MR) is 67.7 cm³/mol. The number of hydrogen-bond donors (Lipinski definition) is 3. The number of benzene rings is 1. The Labute approximate surface area is 102 Å². The summed E-state index contributed by atoms with van der Waals surface area (Å²) in [6, 6.07) is 9.84. The lowest BCUT2D eigenvalue weighted by Gasteiger charge is -2.21. The number of aliphatic hydroxyl groups excluding tert-OH is 2. The quantitative estimate of drug-likeness (QED) is 0.727. The molecule has 3 nitrogen and oxygen atoms in total. The molecule has 0 amide bonds. The normalized spacial score (nSPS) is 20.4. The van der Waals surface area contributed by atoms with Gasteiger partial charge in [0.1, 0.15) is 6.10 Å². The van der Waals surface area contributed by atoms with Gasteiger partial charge < -0.3 is 15.5 Å². The fraction of sp³-hybridized carbons (Fsp3) is 0.571. The van der Waals surface area contributed by atoms with Crippen molar-refractivity contribution in [3.63, 3.8) is 0 Å². The van der Waals surface area contributed by atoms with E-state index in [1.54, 1.807) is 0 Å². The molecule has 0 heterocycles. The summed E-state index contributed by atoms with van der Waals surface area (Å²) < 4.78 is 0. The smallest absolute Gasteiger partial charge is 0.106 e. The number of rotatable bonds is 5. The van der Waals surface area contributed by atoms with Gasteiger partial charge in [0.2, 0.25) is 0 Å².